The Hall–Kier alpha value is -3.03. The topological polar surface area (TPSA) is 94.7 Å². The first-order valence-corrected chi connectivity index (χ1v) is 9.27. The zero-order valence-electron chi connectivity index (χ0n) is 15.3. The summed E-state index contributed by atoms with van der Waals surface area (Å²) < 4.78 is 3.31. The molecule has 8 nitrogen and oxygen atoms in total. The fourth-order valence-electron chi connectivity index (χ4n) is 3.56. The number of amides is 1. The van der Waals surface area contributed by atoms with Crippen LogP contribution in [0.4, 0.5) is 0 Å². The average molecular weight is 366 g/mol. The van der Waals surface area contributed by atoms with Gasteiger partial charge in [-0.2, -0.15) is 5.10 Å². The van der Waals surface area contributed by atoms with E-state index in [1.807, 2.05) is 25.1 Å². The minimum atomic E-state index is -0.273. The van der Waals surface area contributed by atoms with Crippen molar-refractivity contribution >= 4 is 16.7 Å². The molecule has 0 saturated carbocycles. The summed E-state index contributed by atoms with van der Waals surface area (Å²) in [5, 5.41) is 16.9. The molecule has 0 saturated heterocycles. The number of carbonyl (C=O) groups is 1. The van der Waals surface area contributed by atoms with Crippen molar-refractivity contribution in [3.63, 3.8) is 0 Å². The largest absolute Gasteiger partial charge is 0.347 e. The van der Waals surface area contributed by atoms with Gasteiger partial charge in [0, 0.05) is 18.4 Å². The average Bonchev–Trinajstić information content (AvgIpc) is 2.90. The number of rotatable bonds is 4. The number of hydrogen-bond acceptors (Lipinski definition) is 5. The number of nitrogens with zero attached hydrogens (tertiary/aromatic N) is 5. The Kier molecular flexibility index (Phi) is 4.70. The van der Waals surface area contributed by atoms with Gasteiger partial charge in [0.15, 0.2) is 5.82 Å². The smallest absolute Gasteiger partial charge is 0.275 e. The van der Waals surface area contributed by atoms with Crippen LogP contribution >= 0.6 is 0 Å². The van der Waals surface area contributed by atoms with Crippen LogP contribution in [0.15, 0.2) is 29.1 Å². The molecule has 0 unspecified atom stereocenters. The maximum Gasteiger partial charge on any atom is 0.275 e. The lowest BCUT2D eigenvalue weighted by Gasteiger charge is -2.10. The molecule has 0 aliphatic carbocycles. The predicted octanol–water partition coefficient (Wildman–Crippen LogP) is 1.34. The summed E-state index contributed by atoms with van der Waals surface area (Å²) in [5.41, 5.74) is 0.462. The van der Waals surface area contributed by atoms with E-state index in [-0.39, 0.29) is 18.0 Å². The summed E-state index contributed by atoms with van der Waals surface area (Å²) in [6.07, 6.45) is 4.34. The molecule has 1 aromatic carbocycles. The molecule has 4 rings (SSSR count). The van der Waals surface area contributed by atoms with E-state index < -0.39 is 0 Å². The van der Waals surface area contributed by atoms with Crippen LogP contribution in [-0.2, 0) is 30.8 Å². The monoisotopic (exact) mass is 366 g/mol. The molecule has 1 amide bonds. The molecular formula is C19H22N6O2. The molecule has 1 aliphatic rings. The molecule has 0 atom stereocenters. The second-order valence-electron chi connectivity index (χ2n) is 6.87. The van der Waals surface area contributed by atoms with E-state index in [9.17, 15) is 9.59 Å². The highest BCUT2D eigenvalue weighted by atomic mass is 16.2. The van der Waals surface area contributed by atoms with Gasteiger partial charge in [0.25, 0.3) is 5.56 Å². The Labute approximate surface area is 156 Å². The van der Waals surface area contributed by atoms with Crippen LogP contribution in [0.25, 0.3) is 10.8 Å². The van der Waals surface area contributed by atoms with Gasteiger partial charge in [0.1, 0.15) is 12.4 Å². The van der Waals surface area contributed by atoms with Crippen molar-refractivity contribution in [2.24, 2.45) is 0 Å². The lowest BCUT2D eigenvalue weighted by Crippen LogP contribution is -2.34. The third-order valence-corrected chi connectivity index (χ3v) is 4.98. The highest BCUT2D eigenvalue weighted by Gasteiger charge is 2.16. The van der Waals surface area contributed by atoms with E-state index >= 15 is 0 Å². The molecule has 1 N–H and O–H groups in total. The zero-order valence-corrected chi connectivity index (χ0v) is 15.3. The molecule has 3 aromatic rings. The number of carbonyl (C=O) groups excluding carboxylic acids is 1. The Balaban J connectivity index is 1.48. The SMILES string of the molecule is Cc1nn(CC(=O)NCc2nnc3n2CCCCC3)c(=O)c2ccccc12. The van der Waals surface area contributed by atoms with Crippen molar-refractivity contribution < 1.29 is 4.79 Å². The predicted molar refractivity (Wildman–Crippen MR) is 100 cm³/mol. The van der Waals surface area contributed by atoms with Gasteiger partial charge in [-0.15, -0.1) is 10.2 Å². The second kappa shape index (κ2) is 7.30. The minimum Gasteiger partial charge on any atom is -0.347 e. The quantitative estimate of drug-likeness (QED) is 0.752. The third-order valence-electron chi connectivity index (χ3n) is 4.98. The van der Waals surface area contributed by atoms with E-state index in [0.717, 1.165) is 48.5 Å². The van der Waals surface area contributed by atoms with Gasteiger partial charge >= 0.3 is 0 Å². The molecular weight excluding hydrogens is 344 g/mol. The van der Waals surface area contributed by atoms with E-state index in [1.54, 1.807) is 6.07 Å². The number of fused-ring (bicyclic) bond motifs is 2. The first kappa shape index (κ1) is 17.4. The second-order valence-corrected chi connectivity index (χ2v) is 6.87. The lowest BCUT2D eigenvalue weighted by molar-refractivity contribution is -0.122. The molecule has 8 heteroatoms. The summed E-state index contributed by atoms with van der Waals surface area (Å²) >= 11 is 0. The first-order valence-electron chi connectivity index (χ1n) is 9.27. The van der Waals surface area contributed by atoms with Crippen LogP contribution < -0.4 is 10.9 Å². The lowest BCUT2D eigenvalue weighted by atomic mass is 10.1. The fourth-order valence-corrected chi connectivity index (χ4v) is 3.56. The molecule has 0 spiro atoms. The van der Waals surface area contributed by atoms with E-state index in [1.165, 1.54) is 11.1 Å². The van der Waals surface area contributed by atoms with Gasteiger partial charge in [-0.25, -0.2) is 4.68 Å². The van der Waals surface area contributed by atoms with Crippen LogP contribution in [0.2, 0.25) is 0 Å². The summed E-state index contributed by atoms with van der Waals surface area (Å²) in [6, 6.07) is 7.30. The molecule has 2 aromatic heterocycles. The minimum absolute atomic E-state index is 0.120. The highest BCUT2D eigenvalue weighted by molar-refractivity contribution is 5.83. The number of nitrogens with one attached hydrogen (secondary N) is 1. The Morgan fingerprint density at radius 2 is 1.96 bits per heavy atom. The first-order chi connectivity index (χ1) is 13.1. The third kappa shape index (κ3) is 3.47. The number of benzene rings is 1. The van der Waals surface area contributed by atoms with E-state index in [2.05, 4.69) is 25.2 Å². The highest BCUT2D eigenvalue weighted by Crippen LogP contribution is 2.14. The summed E-state index contributed by atoms with van der Waals surface area (Å²) in [4.78, 5) is 24.9. The molecule has 1 aliphatic heterocycles. The standard InChI is InChI=1S/C19H22N6O2/c1-13-14-7-4-5-8-15(14)19(27)25(23-13)12-18(26)20-11-17-22-21-16-9-3-2-6-10-24(16)17/h4-5,7-8H,2-3,6,9-12H2,1H3,(H,20,26). The molecule has 0 bridgehead atoms. The Morgan fingerprint density at radius 3 is 2.81 bits per heavy atom. The van der Waals surface area contributed by atoms with E-state index in [4.69, 9.17) is 0 Å². The maximum atomic E-state index is 12.6. The van der Waals surface area contributed by atoms with E-state index in [0.29, 0.717) is 11.9 Å². The molecule has 0 fully saturated rings. The van der Waals surface area contributed by atoms with Crippen molar-refractivity contribution in [2.75, 3.05) is 0 Å². The molecule has 140 valence electrons. The van der Waals surface area contributed by atoms with Crippen LogP contribution in [0.1, 0.15) is 36.6 Å². The van der Waals surface area contributed by atoms with Crippen LogP contribution in [0.3, 0.4) is 0 Å². The number of aromatic nitrogens is 5. The summed E-state index contributed by atoms with van der Waals surface area (Å²) in [6.45, 7) is 2.90. The van der Waals surface area contributed by atoms with Crippen LogP contribution in [-0.4, -0.2) is 30.5 Å². The summed E-state index contributed by atoms with van der Waals surface area (Å²) in [5.74, 6) is 1.47. The van der Waals surface area contributed by atoms with Gasteiger partial charge in [0.2, 0.25) is 5.91 Å². The zero-order chi connectivity index (χ0) is 18.8. The van der Waals surface area contributed by atoms with Crippen molar-refractivity contribution in [1.29, 1.82) is 0 Å². The van der Waals surface area contributed by atoms with Crippen molar-refractivity contribution in [1.82, 2.24) is 29.9 Å². The summed E-state index contributed by atoms with van der Waals surface area (Å²) in [7, 11) is 0. The van der Waals surface area contributed by atoms with Crippen molar-refractivity contribution in [3.8, 4) is 0 Å². The fraction of sp³-hybridized carbons (Fsp3) is 0.421. The molecule has 27 heavy (non-hydrogen) atoms. The Bertz CT molecular complexity index is 1050. The van der Waals surface area contributed by atoms with Crippen LogP contribution in [0.5, 0.6) is 0 Å². The van der Waals surface area contributed by atoms with Gasteiger partial charge in [-0.1, -0.05) is 24.6 Å². The van der Waals surface area contributed by atoms with Gasteiger partial charge < -0.3 is 9.88 Å². The molecule has 0 radical (unpaired) electrons. The van der Waals surface area contributed by atoms with Gasteiger partial charge in [-0.3, -0.25) is 9.59 Å². The van der Waals surface area contributed by atoms with Crippen molar-refractivity contribution in [2.45, 2.75) is 52.2 Å². The van der Waals surface area contributed by atoms with Gasteiger partial charge in [-0.05, 0) is 25.8 Å². The maximum absolute atomic E-state index is 12.6. The number of hydrogen-bond donors (Lipinski definition) is 1. The number of aryl methyl sites for hydroxylation is 2. The van der Waals surface area contributed by atoms with Crippen LogP contribution in [0, 0.1) is 6.92 Å². The Morgan fingerprint density at radius 1 is 1.15 bits per heavy atom. The normalized spacial score (nSPS) is 14.0. The molecule has 3 heterocycles. The van der Waals surface area contributed by atoms with Crippen molar-refractivity contribution in [3.05, 3.63) is 52.0 Å². The van der Waals surface area contributed by atoms with Gasteiger partial charge in [0.05, 0.1) is 17.6 Å².